The fourth-order valence-electron chi connectivity index (χ4n) is 2.14. The molecule has 0 saturated carbocycles. The van der Waals surface area contributed by atoms with Crippen molar-refractivity contribution in [1.29, 1.82) is 0 Å². The molecule has 3 rings (SSSR count). The van der Waals surface area contributed by atoms with Crippen LogP contribution in [0.4, 0.5) is 10.1 Å². The van der Waals surface area contributed by atoms with Crippen molar-refractivity contribution in [3.63, 3.8) is 0 Å². The summed E-state index contributed by atoms with van der Waals surface area (Å²) in [4.78, 5) is 1.85. The molecular weight excluding hydrogens is 315 g/mol. The molecule has 1 N–H and O–H groups in total. The van der Waals surface area contributed by atoms with Crippen LogP contribution in [0.2, 0.25) is 0 Å². The molecule has 4 nitrogen and oxygen atoms in total. The highest BCUT2D eigenvalue weighted by Gasteiger charge is 2.15. The maximum Gasteiger partial charge on any atom is 0.174 e. The quantitative estimate of drug-likeness (QED) is 0.702. The van der Waals surface area contributed by atoms with Crippen LogP contribution in [0.3, 0.4) is 0 Å². The van der Waals surface area contributed by atoms with E-state index < -0.39 is 0 Å². The second-order valence-electron chi connectivity index (χ2n) is 4.92. The largest absolute Gasteiger partial charge is 0.467 e. The van der Waals surface area contributed by atoms with Crippen LogP contribution in [0.15, 0.2) is 69.9 Å². The van der Waals surface area contributed by atoms with Crippen LogP contribution in [0.5, 0.6) is 0 Å². The molecule has 0 atom stereocenters. The van der Waals surface area contributed by atoms with E-state index in [0.717, 1.165) is 11.5 Å². The molecule has 0 fully saturated rings. The first kappa shape index (κ1) is 15.3. The van der Waals surface area contributed by atoms with Crippen molar-refractivity contribution < 1.29 is 13.2 Å². The lowest BCUT2D eigenvalue weighted by molar-refractivity contribution is 0.329. The molecule has 2 aromatic heterocycles. The predicted molar refractivity (Wildman–Crippen MR) is 89.3 cm³/mol. The number of hydrogen-bond donors (Lipinski definition) is 1. The van der Waals surface area contributed by atoms with Crippen LogP contribution in [0, 0.1) is 5.82 Å². The molecule has 0 aliphatic carbocycles. The van der Waals surface area contributed by atoms with Crippen molar-refractivity contribution in [2.24, 2.45) is 0 Å². The number of anilines is 1. The molecule has 0 aliphatic rings. The summed E-state index contributed by atoms with van der Waals surface area (Å²) in [5, 5.41) is 3.33. The van der Waals surface area contributed by atoms with Crippen LogP contribution in [0.25, 0.3) is 0 Å². The van der Waals surface area contributed by atoms with Gasteiger partial charge in [-0.15, -0.1) is 0 Å². The van der Waals surface area contributed by atoms with E-state index in [2.05, 4.69) is 5.32 Å². The summed E-state index contributed by atoms with van der Waals surface area (Å²) in [5.41, 5.74) is 0.335. The summed E-state index contributed by atoms with van der Waals surface area (Å²) < 4.78 is 24.5. The lowest BCUT2D eigenvalue weighted by atomic mass is 10.3. The van der Waals surface area contributed by atoms with Gasteiger partial charge in [0.2, 0.25) is 0 Å². The molecular formula is C17H15FN2O2S. The Morgan fingerprint density at radius 2 is 1.57 bits per heavy atom. The number of nitrogens with one attached hydrogen (secondary N) is 1. The fraction of sp³-hybridized carbons (Fsp3) is 0.118. The molecule has 0 amide bonds. The number of benzene rings is 1. The highest BCUT2D eigenvalue weighted by Crippen LogP contribution is 2.16. The number of para-hydroxylation sites is 1. The Morgan fingerprint density at radius 3 is 2.09 bits per heavy atom. The summed E-state index contributed by atoms with van der Waals surface area (Å²) in [5.74, 6) is 1.16. The Kier molecular flexibility index (Phi) is 4.73. The average molecular weight is 330 g/mol. The normalized spacial score (nSPS) is 10.5. The molecule has 1 aromatic carbocycles. The molecule has 6 heteroatoms. The summed E-state index contributed by atoms with van der Waals surface area (Å²) in [6.45, 7) is 0.905. The number of hydrogen-bond acceptors (Lipinski definition) is 3. The van der Waals surface area contributed by atoms with Gasteiger partial charge in [0.1, 0.15) is 17.3 Å². The van der Waals surface area contributed by atoms with Crippen molar-refractivity contribution in [2.75, 3.05) is 5.32 Å². The van der Waals surface area contributed by atoms with Gasteiger partial charge in [-0.3, -0.25) is 0 Å². The third-order valence-corrected chi connectivity index (χ3v) is 3.62. The van der Waals surface area contributed by atoms with Crippen molar-refractivity contribution >= 4 is 23.0 Å². The molecule has 118 valence electrons. The Labute approximate surface area is 138 Å². The first-order valence-corrected chi connectivity index (χ1v) is 7.48. The molecule has 0 aliphatic heterocycles. The van der Waals surface area contributed by atoms with Gasteiger partial charge in [0, 0.05) is 0 Å². The van der Waals surface area contributed by atoms with E-state index in [4.69, 9.17) is 21.1 Å². The van der Waals surface area contributed by atoms with Crippen molar-refractivity contribution in [1.82, 2.24) is 4.90 Å². The minimum atomic E-state index is -0.356. The average Bonchev–Trinajstić information content (AvgIpc) is 3.22. The van der Waals surface area contributed by atoms with Crippen LogP contribution in [0.1, 0.15) is 11.5 Å². The van der Waals surface area contributed by atoms with Crippen LogP contribution < -0.4 is 5.32 Å². The second kappa shape index (κ2) is 7.11. The van der Waals surface area contributed by atoms with E-state index in [9.17, 15) is 4.39 Å². The van der Waals surface area contributed by atoms with Crippen LogP contribution in [-0.2, 0) is 13.1 Å². The first-order chi connectivity index (χ1) is 11.2. The zero-order valence-corrected chi connectivity index (χ0v) is 13.1. The monoisotopic (exact) mass is 330 g/mol. The number of halogens is 1. The fourth-order valence-corrected chi connectivity index (χ4v) is 2.38. The highest BCUT2D eigenvalue weighted by molar-refractivity contribution is 7.80. The van der Waals surface area contributed by atoms with E-state index in [-0.39, 0.29) is 5.82 Å². The van der Waals surface area contributed by atoms with Gasteiger partial charge in [-0.2, -0.15) is 0 Å². The Balaban J connectivity index is 1.76. The van der Waals surface area contributed by atoms with Crippen LogP contribution >= 0.6 is 12.2 Å². The van der Waals surface area contributed by atoms with E-state index in [1.807, 2.05) is 29.2 Å². The van der Waals surface area contributed by atoms with Gasteiger partial charge < -0.3 is 19.1 Å². The van der Waals surface area contributed by atoms with Gasteiger partial charge in [0.05, 0.1) is 31.3 Å². The number of rotatable bonds is 5. The molecule has 0 bridgehead atoms. The predicted octanol–water partition coefficient (Wildman–Crippen LogP) is 4.41. The molecule has 0 unspecified atom stereocenters. The molecule has 0 radical (unpaired) electrons. The second-order valence-corrected chi connectivity index (χ2v) is 5.31. The Hall–Kier alpha value is -2.60. The van der Waals surface area contributed by atoms with Gasteiger partial charge in [0.15, 0.2) is 5.11 Å². The maximum absolute atomic E-state index is 13.8. The standard InChI is InChI=1S/C17H15FN2O2S/c18-15-7-1-2-8-16(15)19-17(23)20(11-13-5-3-9-21-13)12-14-6-4-10-22-14/h1-10H,11-12H2,(H,19,23). The molecule has 23 heavy (non-hydrogen) atoms. The smallest absolute Gasteiger partial charge is 0.174 e. The van der Waals surface area contributed by atoms with Crippen molar-refractivity contribution in [2.45, 2.75) is 13.1 Å². The van der Waals surface area contributed by atoms with E-state index >= 15 is 0 Å². The van der Waals surface area contributed by atoms with E-state index in [0.29, 0.717) is 23.9 Å². The lowest BCUT2D eigenvalue weighted by Crippen LogP contribution is -2.33. The van der Waals surface area contributed by atoms with Gasteiger partial charge in [-0.1, -0.05) is 12.1 Å². The first-order valence-electron chi connectivity index (χ1n) is 7.07. The number of nitrogens with zero attached hydrogens (tertiary/aromatic N) is 1. The third kappa shape index (κ3) is 3.98. The minimum Gasteiger partial charge on any atom is -0.467 e. The molecule has 0 saturated heterocycles. The highest BCUT2D eigenvalue weighted by atomic mass is 32.1. The zero-order chi connectivity index (χ0) is 16.1. The summed E-state index contributed by atoms with van der Waals surface area (Å²) in [6, 6.07) is 13.8. The third-order valence-electron chi connectivity index (χ3n) is 3.26. The Bertz CT molecular complexity index is 721. The van der Waals surface area contributed by atoms with E-state index in [1.54, 1.807) is 30.7 Å². The zero-order valence-electron chi connectivity index (χ0n) is 12.2. The van der Waals surface area contributed by atoms with Gasteiger partial charge in [-0.05, 0) is 48.6 Å². The Morgan fingerprint density at radius 1 is 0.957 bits per heavy atom. The minimum absolute atomic E-state index is 0.335. The number of thiocarbonyl (C=S) groups is 1. The lowest BCUT2D eigenvalue weighted by Gasteiger charge is -2.24. The van der Waals surface area contributed by atoms with Crippen LogP contribution in [-0.4, -0.2) is 10.0 Å². The number of furan rings is 2. The van der Waals surface area contributed by atoms with E-state index in [1.165, 1.54) is 6.07 Å². The molecule has 3 aromatic rings. The molecule has 0 spiro atoms. The molecule has 2 heterocycles. The van der Waals surface area contributed by atoms with Gasteiger partial charge >= 0.3 is 0 Å². The van der Waals surface area contributed by atoms with Crippen molar-refractivity contribution in [3.8, 4) is 0 Å². The summed E-state index contributed by atoms with van der Waals surface area (Å²) in [6.07, 6.45) is 3.21. The topological polar surface area (TPSA) is 41.5 Å². The SMILES string of the molecule is Fc1ccccc1NC(=S)N(Cc1ccco1)Cc1ccco1. The summed E-state index contributed by atoms with van der Waals surface area (Å²) in [7, 11) is 0. The van der Waals surface area contributed by atoms with Crippen molar-refractivity contribution in [3.05, 3.63) is 78.4 Å². The maximum atomic E-state index is 13.8. The van der Waals surface area contributed by atoms with Gasteiger partial charge in [0.25, 0.3) is 0 Å². The van der Waals surface area contributed by atoms with Gasteiger partial charge in [-0.25, -0.2) is 4.39 Å². The summed E-state index contributed by atoms with van der Waals surface area (Å²) >= 11 is 5.43.